The highest BCUT2D eigenvalue weighted by Crippen LogP contribution is 2.22. The maximum absolute atomic E-state index is 11.0. The Morgan fingerprint density at radius 2 is 1.94 bits per heavy atom. The molecule has 0 radical (unpaired) electrons. The first-order valence-corrected chi connectivity index (χ1v) is 6.71. The molecule has 1 aromatic rings. The van der Waals surface area contributed by atoms with E-state index in [0.717, 1.165) is 6.42 Å². The van der Waals surface area contributed by atoms with Gasteiger partial charge in [0.2, 0.25) is 0 Å². The summed E-state index contributed by atoms with van der Waals surface area (Å²) in [5.74, 6) is 0. The Bertz CT molecular complexity index is 349. The SMILES string of the molecule is CNC(=O)NCCc1ccc(SC(C)C)cc1. The van der Waals surface area contributed by atoms with E-state index in [1.807, 2.05) is 11.8 Å². The van der Waals surface area contributed by atoms with Crippen molar-refractivity contribution >= 4 is 17.8 Å². The lowest BCUT2D eigenvalue weighted by molar-refractivity contribution is 0.243. The molecule has 0 spiro atoms. The number of nitrogens with one attached hydrogen (secondary N) is 2. The largest absolute Gasteiger partial charge is 0.341 e. The van der Waals surface area contributed by atoms with Crippen LogP contribution in [0.25, 0.3) is 0 Å². The van der Waals surface area contributed by atoms with Crippen LogP contribution < -0.4 is 10.6 Å². The van der Waals surface area contributed by atoms with Crippen LogP contribution in [0.1, 0.15) is 19.4 Å². The molecule has 94 valence electrons. The molecule has 1 rings (SSSR count). The van der Waals surface area contributed by atoms with E-state index < -0.39 is 0 Å². The summed E-state index contributed by atoms with van der Waals surface area (Å²) in [6, 6.07) is 8.39. The molecule has 0 bridgehead atoms. The van der Waals surface area contributed by atoms with Crippen LogP contribution in [0.4, 0.5) is 4.79 Å². The molecule has 0 unspecified atom stereocenters. The monoisotopic (exact) mass is 252 g/mol. The van der Waals surface area contributed by atoms with Crippen molar-refractivity contribution in [2.45, 2.75) is 30.4 Å². The highest BCUT2D eigenvalue weighted by atomic mass is 32.2. The van der Waals surface area contributed by atoms with Gasteiger partial charge in [0, 0.05) is 23.7 Å². The topological polar surface area (TPSA) is 41.1 Å². The molecule has 17 heavy (non-hydrogen) atoms. The van der Waals surface area contributed by atoms with Crippen LogP contribution >= 0.6 is 11.8 Å². The van der Waals surface area contributed by atoms with E-state index in [9.17, 15) is 4.79 Å². The molecule has 0 aliphatic heterocycles. The van der Waals surface area contributed by atoms with E-state index in [-0.39, 0.29) is 6.03 Å². The predicted octanol–water partition coefficient (Wildman–Crippen LogP) is 2.66. The average Bonchev–Trinajstić information content (AvgIpc) is 2.30. The lowest BCUT2D eigenvalue weighted by atomic mass is 10.1. The molecule has 4 heteroatoms. The van der Waals surface area contributed by atoms with Crippen LogP contribution in [0.2, 0.25) is 0 Å². The number of urea groups is 1. The number of rotatable bonds is 5. The first-order chi connectivity index (χ1) is 8.11. The average molecular weight is 252 g/mol. The summed E-state index contributed by atoms with van der Waals surface area (Å²) >= 11 is 1.86. The minimum Gasteiger partial charge on any atom is -0.341 e. The lowest BCUT2D eigenvalue weighted by Gasteiger charge is -2.07. The molecule has 0 fully saturated rings. The summed E-state index contributed by atoms with van der Waals surface area (Å²) in [5, 5.41) is 5.91. The smallest absolute Gasteiger partial charge is 0.314 e. The van der Waals surface area contributed by atoms with Crippen molar-refractivity contribution in [1.82, 2.24) is 10.6 Å². The third-order valence-corrected chi connectivity index (χ3v) is 3.24. The Morgan fingerprint density at radius 3 is 2.47 bits per heavy atom. The highest BCUT2D eigenvalue weighted by Gasteiger charge is 1.99. The van der Waals surface area contributed by atoms with Crippen LogP contribution in [0.3, 0.4) is 0 Å². The zero-order valence-electron chi connectivity index (χ0n) is 10.6. The fourth-order valence-corrected chi connectivity index (χ4v) is 2.25. The fraction of sp³-hybridized carbons (Fsp3) is 0.462. The number of hydrogen-bond donors (Lipinski definition) is 2. The number of carbonyl (C=O) groups excluding carboxylic acids is 1. The molecule has 0 aromatic heterocycles. The van der Waals surface area contributed by atoms with Gasteiger partial charge in [0.05, 0.1) is 0 Å². The normalized spacial score (nSPS) is 10.4. The Hall–Kier alpha value is -1.16. The lowest BCUT2D eigenvalue weighted by Crippen LogP contribution is -2.33. The molecule has 0 aliphatic carbocycles. The molecule has 0 heterocycles. The Labute approximate surface area is 107 Å². The molecule has 0 saturated heterocycles. The van der Waals surface area contributed by atoms with E-state index in [1.54, 1.807) is 7.05 Å². The van der Waals surface area contributed by atoms with Crippen LogP contribution in [-0.2, 0) is 6.42 Å². The molecule has 0 aliphatic rings. The van der Waals surface area contributed by atoms with Gasteiger partial charge in [-0.15, -0.1) is 11.8 Å². The second-order valence-electron chi connectivity index (χ2n) is 4.07. The van der Waals surface area contributed by atoms with Crippen LogP contribution in [-0.4, -0.2) is 24.9 Å². The third-order valence-electron chi connectivity index (χ3n) is 2.22. The quantitative estimate of drug-likeness (QED) is 0.791. The van der Waals surface area contributed by atoms with Gasteiger partial charge in [-0.05, 0) is 24.1 Å². The molecule has 2 N–H and O–H groups in total. The minimum atomic E-state index is -0.128. The summed E-state index contributed by atoms with van der Waals surface area (Å²) < 4.78 is 0. The van der Waals surface area contributed by atoms with Gasteiger partial charge in [0.1, 0.15) is 0 Å². The van der Waals surface area contributed by atoms with Crippen molar-refractivity contribution in [3.05, 3.63) is 29.8 Å². The number of hydrogen-bond acceptors (Lipinski definition) is 2. The maximum atomic E-state index is 11.0. The Balaban J connectivity index is 2.37. The zero-order chi connectivity index (χ0) is 12.7. The van der Waals surface area contributed by atoms with Gasteiger partial charge in [0.25, 0.3) is 0 Å². The van der Waals surface area contributed by atoms with E-state index in [0.29, 0.717) is 11.8 Å². The molecule has 0 saturated carbocycles. The Morgan fingerprint density at radius 1 is 1.29 bits per heavy atom. The van der Waals surface area contributed by atoms with Gasteiger partial charge >= 0.3 is 6.03 Å². The zero-order valence-corrected chi connectivity index (χ0v) is 11.4. The van der Waals surface area contributed by atoms with E-state index in [4.69, 9.17) is 0 Å². The summed E-state index contributed by atoms with van der Waals surface area (Å²) in [7, 11) is 1.62. The van der Waals surface area contributed by atoms with Gasteiger partial charge in [-0.2, -0.15) is 0 Å². The number of amides is 2. The first-order valence-electron chi connectivity index (χ1n) is 5.83. The summed E-state index contributed by atoms with van der Waals surface area (Å²) in [6.45, 7) is 5.04. The minimum absolute atomic E-state index is 0.128. The van der Waals surface area contributed by atoms with E-state index in [2.05, 4.69) is 48.7 Å². The van der Waals surface area contributed by atoms with Crippen LogP contribution in [0, 0.1) is 0 Å². The number of thioether (sulfide) groups is 1. The van der Waals surface area contributed by atoms with Gasteiger partial charge in [-0.25, -0.2) is 4.79 Å². The van der Waals surface area contributed by atoms with Crippen molar-refractivity contribution in [3.8, 4) is 0 Å². The maximum Gasteiger partial charge on any atom is 0.314 e. The van der Waals surface area contributed by atoms with Gasteiger partial charge in [-0.3, -0.25) is 0 Å². The number of benzene rings is 1. The fourth-order valence-electron chi connectivity index (χ4n) is 1.42. The van der Waals surface area contributed by atoms with E-state index >= 15 is 0 Å². The van der Waals surface area contributed by atoms with Crippen molar-refractivity contribution < 1.29 is 4.79 Å². The molecule has 0 atom stereocenters. The number of carbonyl (C=O) groups is 1. The van der Waals surface area contributed by atoms with Crippen LogP contribution in [0.5, 0.6) is 0 Å². The van der Waals surface area contributed by atoms with E-state index in [1.165, 1.54) is 10.5 Å². The molecule has 2 amide bonds. The molecular weight excluding hydrogens is 232 g/mol. The molecular formula is C13H20N2OS. The Kier molecular flexibility index (Phi) is 5.91. The molecule has 1 aromatic carbocycles. The second-order valence-corrected chi connectivity index (χ2v) is 5.72. The standard InChI is InChI=1S/C13H20N2OS/c1-10(2)17-12-6-4-11(5-7-12)8-9-15-13(16)14-3/h4-7,10H,8-9H2,1-3H3,(H2,14,15,16). The summed E-state index contributed by atoms with van der Waals surface area (Å²) in [6.07, 6.45) is 0.861. The second kappa shape index (κ2) is 7.22. The summed E-state index contributed by atoms with van der Waals surface area (Å²) in [4.78, 5) is 12.2. The van der Waals surface area contributed by atoms with Crippen molar-refractivity contribution in [2.24, 2.45) is 0 Å². The van der Waals surface area contributed by atoms with Crippen molar-refractivity contribution in [3.63, 3.8) is 0 Å². The van der Waals surface area contributed by atoms with Gasteiger partial charge in [0.15, 0.2) is 0 Å². The van der Waals surface area contributed by atoms with Crippen molar-refractivity contribution in [1.29, 1.82) is 0 Å². The van der Waals surface area contributed by atoms with Gasteiger partial charge in [-0.1, -0.05) is 26.0 Å². The first kappa shape index (κ1) is 13.9. The predicted molar refractivity (Wildman–Crippen MR) is 73.6 cm³/mol. The molecule has 3 nitrogen and oxygen atoms in total. The van der Waals surface area contributed by atoms with Crippen LogP contribution in [0.15, 0.2) is 29.2 Å². The van der Waals surface area contributed by atoms with Crippen molar-refractivity contribution in [2.75, 3.05) is 13.6 Å². The third kappa shape index (κ3) is 5.63. The summed E-state index contributed by atoms with van der Waals surface area (Å²) in [5.41, 5.74) is 1.24. The van der Waals surface area contributed by atoms with Gasteiger partial charge < -0.3 is 10.6 Å². The highest BCUT2D eigenvalue weighted by molar-refractivity contribution is 7.99.